The van der Waals surface area contributed by atoms with Gasteiger partial charge in [-0.2, -0.15) is 0 Å². The highest BCUT2D eigenvalue weighted by Crippen LogP contribution is 2.29. The number of carbonyl (C=O) groups excluding carboxylic acids is 1. The number of pyridine rings is 1. The summed E-state index contributed by atoms with van der Waals surface area (Å²) in [6.45, 7) is 2.08. The van der Waals surface area contributed by atoms with Gasteiger partial charge in [0.2, 0.25) is 0 Å². The Hall–Kier alpha value is -1.82. The summed E-state index contributed by atoms with van der Waals surface area (Å²) in [6.07, 6.45) is 8.71. The van der Waals surface area contributed by atoms with Crippen LogP contribution in [0.2, 0.25) is 0 Å². The molecule has 1 heterocycles. The summed E-state index contributed by atoms with van der Waals surface area (Å²) in [6, 6.07) is 2.49. The number of aromatic nitrogens is 1. The third-order valence-electron chi connectivity index (χ3n) is 5.39. The summed E-state index contributed by atoms with van der Waals surface area (Å²) in [7, 11) is 0. The molecule has 2 saturated carbocycles. The lowest BCUT2D eigenvalue weighted by atomic mass is 9.84. The van der Waals surface area contributed by atoms with E-state index < -0.39 is 5.91 Å². The summed E-state index contributed by atoms with van der Waals surface area (Å²) in [4.78, 5) is 16.1. The number of rotatable bonds is 5. The number of anilines is 2. The normalized spacial score (nSPS) is 27.8. The van der Waals surface area contributed by atoms with E-state index in [9.17, 15) is 9.90 Å². The van der Waals surface area contributed by atoms with E-state index in [4.69, 9.17) is 5.73 Å². The average molecular weight is 332 g/mol. The quantitative estimate of drug-likeness (QED) is 0.664. The molecule has 0 radical (unpaired) electrons. The predicted octanol–water partition coefficient (Wildman–Crippen LogP) is 2.50. The number of aliphatic hydroxyl groups is 1. The molecule has 1 aromatic rings. The van der Waals surface area contributed by atoms with Gasteiger partial charge in [-0.25, -0.2) is 4.98 Å². The van der Waals surface area contributed by atoms with Gasteiger partial charge in [0.05, 0.1) is 17.4 Å². The maximum atomic E-state index is 11.7. The van der Waals surface area contributed by atoms with Crippen LogP contribution in [-0.4, -0.2) is 34.2 Å². The fourth-order valence-electron chi connectivity index (χ4n) is 3.78. The van der Waals surface area contributed by atoms with Crippen molar-refractivity contribution in [2.45, 2.75) is 70.1 Å². The zero-order chi connectivity index (χ0) is 17.1. The molecule has 2 aliphatic carbocycles. The highest BCUT2D eigenvalue weighted by Gasteiger charge is 2.27. The molecule has 0 unspecified atom stereocenters. The molecule has 0 aromatic carbocycles. The Bertz CT molecular complexity index is 586. The Morgan fingerprint density at radius 3 is 2.62 bits per heavy atom. The van der Waals surface area contributed by atoms with Crippen molar-refractivity contribution >= 4 is 17.4 Å². The van der Waals surface area contributed by atoms with E-state index in [-0.39, 0.29) is 12.1 Å². The first-order valence-electron chi connectivity index (χ1n) is 9.04. The average Bonchev–Trinajstić information content (AvgIpc) is 3.04. The first-order chi connectivity index (χ1) is 11.5. The lowest BCUT2D eigenvalue weighted by molar-refractivity contribution is 0.0740. The fraction of sp³-hybridized carbons (Fsp3) is 0.667. The molecule has 1 amide bonds. The highest BCUT2D eigenvalue weighted by atomic mass is 16.3. The highest BCUT2D eigenvalue weighted by molar-refractivity contribution is 5.98. The topological polar surface area (TPSA) is 100 Å². The summed E-state index contributed by atoms with van der Waals surface area (Å²) in [5, 5.41) is 16.9. The van der Waals surface area contributed by atoms with Crippen LogP contribution in [0.15, 0.2) is 12.3 Å². The molecule has 132 valence electrons. The molecular weight excluding hydrogens is 304 g/mol. The Morgan fingerprint density at radius 1 is 1.21 bits per heavy atom. The molecule has 1 aromatic heterocycles. The Morgan fingerprint density at radius 2 is 1.96 bits per heavy atom. The third-order valence-corrected chi connectivity index (χ3v) is 5.39. The molecule has 6 heteroatoms. The lowest BCUT2D eigenvalue weighted by Crippen LogP contribution is -2.35. The molecule has 0 bridgehead atoms. The summed E-state index contributed by atoms with van der Waals surface area (Å²) in [5.41, 5.74) is 6.61. The molecule has 2 fully saturated rings. The molecule has 0 aliphatic heterocycles. The molecule has 2 aliphatic rings. The maximum absolute atomic E-state index is 11.7. The Labute approximate surface area is 143 Å². The number of amides is 1. The van der Waals surface area contributed by atoms with Gasteiger partial charge >= 0.3 is 0 Å². The second-order valence-corrected chi connectivity index (χ2v) is 7.30. The molecule has 3 atom stereocenters. The van der Waals surface area contributed by atoms with Gasteiger partial charge in [-0.3, -0.25) is 4.79 Å². The minimum absolute atomic E-state index is 0.149. The first-order valence-corrected chi connectivity index (χ1v) is 9.04. The van der Waals surface area contributed by atoms with E-state index in [0.717, 1.165) is 31.5 Å². The molecule has 6 nitrogen and oxygen atoms in total. The monoisotopic (exact) mass is 332 g/mol. The van der Waals surface area contributed by atoms with Gasteiger partial charge in [0.15, 0.2) is 0 Å². The van der Waals surface area contributed by atoms with Crippen LogP contribution in [0.3, 0.4) is 0 Å². The van der Waals surface area contributed by atoms with Crippen LogP contribution in [-0.2, 0) is 0 Å². The number of hydrogen-bond acceptors (Lipinski definition) is 5. The van der Waals surface area contributed by atoms with Crippen LogP contribution >= 0.6 is 0 Å². The number of nitrogens with one attached hydrogen (secondary N) is 2. The number of hydrogen-bond donors (Lipinski definition) is 4. The van der Waals surface area contributed by atoms with Gasteiger partial charge in [0.25, 0.3) is 5.91 Å². The van der Waals surface area contributed by atoms with Crippen molar-refractivity contribution in [2.24, 2.45) is 11.7 Å². The van der Waals surface area contributed by atoms with E-state index in [1.807, 2.05) is 6.07 Å². The molecule has 0 saturated heterocycles. The van der Waals surface area contributed by atoms with Crippen molar-refractivity contribution in [3.05, 3.63) is 17.8 Å². The largest absolute Gasteiger partial charge is 0.393 e. The van der Waals surface area contributed by atoms with Crippen molar-refractivity contribution in [1.29, 1.82) is 0 Å². The summed E-state index contributed by atoms with van der Waals surface area (Å²) >= 11 is 0. The van der Waals surface area contributed by atoms with Crippen LogP contribution in [0.5, 0.6) is 0 Å². The van der Waals surface area contributed by atoms with Crippen molar-refractivity contribution in [2.75, 3.05) is 10.6 Å². The number of nitrogens with two attached hydrogens (primary N) is 1. The van der Waals surface area contributed by atoms with Gasteiger partial charge in [0.1, 0.15) is 5.82 Å². The van der Waals surface area contributed by atoms with Crippen molar-refractivity contribution < 1.29 is 9.90 Å². The van der Waals surface area contributed by atoms with Crippen LogP contribution in [0.25, 0.3) is 0 Å². The summed E-state index contributed by atoms with van der Waals surface area (Å²) < 4.78 is 0. The molecule has 24 heavy (non-hydrogen) atoms. The number of primary amides is 1. The van der Waals surface area contributed by atoms with Gasteiger partial charge in [-0.15, -0.1) is 0 Å². The predicted molar refractivity (Wildman–Crippen MR) is 95.1 cm³/mol. The Balaban J connectivity index is 1.74. The van der Waals surface area contributed by atoms with Crippen molar-refractivity contribution in [3.63, 3.8) is 0 Å². The van der Waals surface area contributed by atoms with Gasteiger partial charge in [0, 0.05) is 24.3 Å². The van der Waals surface area contributed by atoms with Gasteiger partial charge < -0.3 is 21.5 Å². The minimum atomic E-state index is -0.484. The van der Waals surface area contributed by atoms with E-state index in [1.165, 1.54) is 12.8 Å². The maximum Gasteiger partial charge on any atom is 0.252 e. The van der Waals surface area contributed by atoms with Crippen LogP contribution in [0, 0.1) is 5.92 Å². The lowest BCUT2D eigenvalue weighted by Gasteiger charge is -2.32. The standard InChI is InChI=1S/C18H28N4O2/c1-11-6-7-13(8-16(11)23)21-15-9-17(20-10-14(15)18(19)24)22-12-4-2-3-5-12/h9-13,16,23H,2-8H2,1H3,(H2,19,24)(H2,20,21,22)/t11-,13-,16-/m1/s1. The third kappa shape index (κ3) is 3.98. The minimum Gasteiger partial charge on any atom is -0.393 e. The van der Waals surface area contributed by atoms with Crippen molar-refractivity contribution in [3.8, 4) is 0 Å². The second-order valence-electron chi connectivity index (χ2n) is 7.30. The van der Waals surface area contributed by atoms with Crippen LogP contribution in [0.1, 0.15) is 62.2 Å². The van der Waals surface area contributed by atoms with Crippen molar-refractivity contribution in [1.82, 2.24) is 4.98 Å². The SMILES string of the molecule is C[C@@H]1CC[C@@H](Nc2cc(NC3CCCC3)ncc2C(N)=O)C[C@H]1O. The second kappa shape index (κ2) is 7.38. The number of nitrogens with zero attached hydrogens (tertiary/aromatic N) is 1. The molecular formula is C18H28N4O2. The number of carbonyl (C=O) groups is 1. The van der Waals surface area contributed by atoms with E-state index >= 15 is 0 Å². The number of aliphatic hydroxyl groups excluding tert-OH is 1. The molecule has 0 spiro atoms. The van der Waals surface area contributed by atoms with E-state index in [0.29, 0.717) is 29.6 Å². The zero-order valence-corrected chi connectivity index (χ0v) is 14.3. The zero-order valence-electron chi connectivity index (χ0n) is 14.3. The van der Waals surface area contributed by atoms with Crippen LogP contribution < -0.4 is 16.4 Å². The van der Waals surface area contributed by atoms with Gasteiger partial charge in [-0.05, 0) is 38.0 Å². The fourth-order valence-corrected chi connectivity index (χ4v) is 3.78. The first kappa shape index (κ1) is 17.0. The molecule has 3 rings (SSSR count). The van der Waals surface area contributed by atoms with Gasteiger partial charge in [-0.1, -0.05) is 19.8 Å². The smallest absolute Gasteiger partial charge is 0.252 e. The Kier molecular flexibility index (Phi) is 5.23. The molecule has 5 N–H and O–H groups in total. The van der Waals surface area contributed by atoms with E-state index in [1.54, 1.807) is 6.20 Å². The summed E-state index contributed by atoms with van der Waals surface area (Å²) in [5.74, 6) is 0.622. The van der Waals surface area contributed by atoms with Crippen LogP contribution in [0.4, 0.5) is 11.5 Å². The van der Waals surface area contributed by atoms with E-state index in [2.05, 4.69) is 22.5 Å².